The van der Waals surface area contributed by atoms with Gasteiger partial charge in [-0.15, -0.1) is 0 Å². The van der Waals surface area contributed by atoms with Gasteiger partial charge >= 0.3 is 121 Å². The Bertz CT molecular complexity index is 732. The van der Waals surface area contributed by atoms with E-state index in [0.717, 1.165) is 12.1 Å². The van der Waals surface area contributed by atoms with Gasteiger partial charge in [0.1, 0.15) is 0 Å². The molecule has 21 heavy (non-hydrogen) atoms. The van der Waals surface area contributed by atoms with Crippen LogP contribution in [0.2, 0.25) is 0 Å². The SMILES string of the molecule is O=[As](O)(O)c1ccccc1N=Nc1c(O)cc(O)cc1O. The van der Waals surface area contributed by atoms with E-state index in [-0.39, 0.29) is 21.5 Å². The second-order valence-electron chi connectivity index (χ2n) is 4.07. The van der Waals surface area contributed by atoms with Crippen molar-refractivity contribution in [2.75, 3.05) is 0 Å². The molecule has 0 saturated carbocycles. The summed E-state index contributed by atoms with van der Waals surface area (Å²) in [6.07, 6.45) is 0. The molecule has 0 heterocycles. The van der Waals surface area contributed by atoms with Gasteiger partial charge in [-0.1, -0.05) is 0 Å². The summed E-state index contributed by atoms with van der Waals surface area (Å²) in [4.78, 5) is 0. The minimum atomic E-state index is -5.17. The fourth-order valence-corrected chi connectivity index (χ4v) is 3.06. The number of rotatable bonds is 3. The van der Waals surface area contributed by atoms with Gasteiger partial charge in [0.05, 0.1) is 0 Å². The molecule has 0 radical (unpaired) electrons. The molecule has 0 atom stereocenters. The summed E-state index contributed by atoms with van der Waals surface area (Å²) < 4.78 is 29.6. The van der Waals surface area contributed by atoms with Crippen molar-refractivity contribution in [3.05, 3.63) is 36.4 Å². The Labute approximate surface area is 121 Å². The summed E-state index contributed by atoms with van der Waals surface area (Å²) in [6.45, 7) is 0. The van der Waals surface area contributed by atoms with Crippen molar-refractivity contribution in [3.8, 4) is 17.2 Å². The molecule has 0 aliphatic heterocycles. The second kappa shape index (κ2) is 5.61. The number of phenols is 3. The fraction of sp³-hybridized carbons (Fsp3) is 0. The third kappa shape index (κ3) is 3.43. The van der Waals surface area contributed by atoms with Gasteiger partial charge in [-0.3, -0.25) is 0 Å². The fourth-order valence-electron chi connectivity index (χ4n) is 1.59. The number of phenolic OH excluding ortho intramolecular Hbond substituents is 3. The van der Waals surface area contributed by atoms with Gasteiger partial charge in [-0.05, 0) is 0 Å². The zero-order valence-corrected chi connectivity index (χ0v) is 12.3. The molecule has 0 bridgehead atoms. The third-order valence-corrected chi connectivity index (χ3v) is 4.62. The van der Waals surface area contributed by atoms with Crippen LogP contribution in [0.15, 0.2) is 46.6 Å². The van der Waals surface area contributed by atoms with E-state index in [1.807, 2.05) is 0 Å². The molecule has 8 nitrogen and oxygen atoms in total. The van der Waals surface area contributed by atoms with Crippen LogP contribution in [0.4, 0.5) is 11.4 Å². The predicted octanol–water partition coefficient (Wildman–Crippen LogP) is 0.780. The summed E-state index contributed by atoms with van der Waals surface area (Å²) >= 11 is -5.17. The van der Waals surface area contributed by atoms with Crippen molar-refractivity contribution >= 4 is 29.9 Å². The van der Waals surface area contributed by atoms with Crippen LogP contribution in [0, 0.1) is 0 Å². The van der Waals surface area contributed by atoms with E-state index in [9.17, 15) is 22.1 Å². The molecule has 0 aliphatic rings. The Kier molecular flexibility index (Phi) is 4.04. The summed E-state index contributed by atoms with van der Waals surface area (Å²) in [5, 5.41) is 35.5. The topological polar surface area (TPSA) is 143 Å². The van der Waals surface area contributed by atoms with Crippen LogP contribution < -0.4 is 4.35 Å². The third-order valence-electron chi connectivity index (χ3n) is 2.51. The minimum absolute atomic E-state index is 0.0723. The molecule has 0 spiro atoms. The van der Waals surface area contributed by atoms with Gasteiger partial charge in [0.15, 0.2) is 0 Å². The van der Waals surface area contributed by atoms with Crippen molar-refractivity contribution in [2.24, 2.45) is 10.2 Å². The Morgan fingerprint density at radius 2 is 1.48 bits per heavy atom. The molecule has 9 heteroatoms. The molecule has 0 aliphatic carbocycles. The zero-order chi connectivity index (χ0) is 15.6. The number of hydrogen-bond donors (Lipinski definition) is 5. The molecule has 5 N–H and O–H groups in total. The number of benzene rings is 2. The molecule has 2 aromatic carbocycles. The normalized spacial score (nSPS) is 11.9. The van der Waals surface area contributed by atoms with Crippen molar-refractivity contribution < 1.29 is 27.3 Å². The molecule has 0 fully saturated rings. The maximum absolute atomic E-state index is 11.4. The standard InChI is InChI=1S/C12H11AsN2O6/c16-7-5-10(17)12(11(18)6-7)15-14-9-4-2-1-3-8(9)13(19,20)21/h1-6,16-18H,(H2,19,20,21). The van der Waals surface area contributed by atoms with Gasteiger partial charge in [-0.2, -0.15) is 0 Å². The van der Waals surface area contributed by atoms with E-state index in [0.29, 0.717) is 0 Å². The first-order valence-corrected chi connectivity index (χ1v) is 8.99. The molecule has 0 aromatic heterocycles. The van der Waals surface area contributed by atoms with Crippen molar-refractivity contribution in [3.63, 3.8) is 0 Å². The van der Waals surface area contributed by atoms with Gasteiger partial charge in [0.2, 0.25) is 0 Å². The van der Waals surface area contributed by atoms with E-state index in [4.69, 9.17) is 5.11 Å². The van der Waals surface area contributed by atoms with Gasteiger partial charge in [0.25, 0.3) is 0 Å². The number of aromatic hydroxyl groups is 3. The van der Waals surface area contributed by atoms with Crippen LogP contribution in [0.1, 0.15) is 0 Å². The Balaban J connectivity index is 2.47. The van der Waals surface area contributed by atoms with Crippen molar-refractivity contribution in [2.45, 2.75) is 0 Å². The molecule has 2 aromatic rings. The molecule has 0 saturated heterocycles. The molecular weight excluding hydrogens is 343 g/mol. The number of hydrogen-bond acceptors (Lipinski definition) is 6. The van der Waals surface area contributed by atoms with E-state index in [1.54, 1.807) is 0 Å². The summed E-state index contributed by atoms with van der Waals surface area (Å²) in [5.74, 6) is -1.40. The first kappa shape index (κ1) is 15.1. The quantitative estimate of drug-likeness (QED) is 0.407. The van der Waals surface area contributed by atoms with E-state index in [2.05, 4.69) is 10.2 Å². The van der Waals surface area contributed by atoms with Crippen LogP contribution in [-0.2, 0) is 3.74 Å². The summed E-state index contributed by atoms with van der Waals surface area (Å²) in [6, 6.07) is 7.43. The van der Waals surface area contributed by atoms with Crippen LogP contribution in [0.3, 0.4) is 0 Å². The average Bonchev–Trinajstić information content (AvgIpc) is 2.36. The summed E-state index contributed by atoms with van der Waals surface area (Å²) in [5.41, 5.74) is -0.391. The predicted molar refractivity (Wildman–Crippen MR) is 72.6 cm³/mol. The Morgan fingerprint density at radius 1 is 0.905 bits per heavy atom. The van der Waals surface area contributed by atoms with Crippen LogP contribution in [0.5, 0.6) is 17.2 Å². The maximum atomic E-state index is 11.4. The van der Waals surface area contributed by atoms with E-state index < -0.39 is 25.7 Å². The monoisotopic (exact) mass is 354 g/mol. The van der Waals surface area contributed by atoms with E-state index >= 15 is 0 Å². The number of nitrogens with zero attached hydrogens (tertiary/aromatic N) is 2. The zero-order valence-electron chi connectivity index (χ0n) is 10.5. The molecule has 110 valence electrons. The van der Waals surface area contributed by atoms with Crippen molar-refractivity contribution in [1.29, 1.82) is 0 Å². The number of azo groups is 1. The van der Waals surface area contributed by atoms with E-state index in [1.165, 1.54) is 24.3 Å². The summed E-state index contributed by atoms with van der Waals surface area (Å²) in [7, 11) is 0. The molecule has 2 rings (SSSR count). The van der Waals surface area contributed by atoms with Crippen LogP contribution >= 0.6 is 0 Å². The van der Waals surface area contributed by atoms with Crippen molar-refractivity contribution in [1.82, 2.24) is 0 Å². The van der Waals surface area contributed by atoms with Crippen LogP contribution in [-0.4, -0.2) is 37.7 Å². The average molecular weight is 354 g/mol. The van der Waals surface area contributed by atoms with Crippen LogP contribution in [0.25, 0.3) is 0 Å². The van der Waals surface area contributed by atoms with Gasteiger partial charge < -0.3 is 0 Å². The molecular formula is C12H11AsN2O6. The Morgan fingerprint density at radius 3 is 2.05 bits per heavy atom. The first-order valence-electron chi connectivity index (χ1n) is 5.61. The molecule has 0 amide bonds. The molecule has 0 unspecified atom stereocenters. The van der Waals surface area contributed by atoms with Gasteiger partial charge in [-0.25, -0.2) is 0 Å². The van der Waals surface area contributed by atoms with Gasteiger partial charge in [0, 0.05) is 0 Å². The second-order valence-corrected chi connectivity index (χ2v) is 7.36. The first-order chi connectivity index (χ1) is 9.79. The Hall–Kier alpha value is -2.28.